The van der Waals surface area contributed by atoms with Gasteiger partial charge >= 0.3 is 0 Å². The van der Waals surface area contributed by atoms with Gasteiger partial charge in [0.15, 0.2) is 0 Å². The molecule has 0 bridgehead atoms. The summed E-state index contributed by atoms with van der Waals surface area (Å²) < 4.78 is 0. The summed E-state index contributed by atoms with van der Waals surface area (Å²) >= 11 is 0. The van der Waals surface area contributed by atoms with Gasteiger partial charge in [0.05, 0.1) is 6.10 Å². The van der Waals surface area contributed by atoms with E-state index in [1.165, 1.54) is 32.4 Å². The predicted molar refractivity (Wildman–Crippen MR) is 60.3 cm³/mol. The summed E-state index contributed by atoms with van der Waals surface area (Å²) in [7, 11) is 0. The Bertz CT molecular complexity index is 156. The van der Waals surface area contributed by atoms with Crippen molar-refractivity contribution in [3.05, 3.63) is 0 Å². The molecule has 2 atom stereocenters. The van der Waals surface area contributed by atoms with Crippen LogP contribution in [-0.4, -0.2) is 35.2 Å². The third-order valence-corrected chi connectivity index (χ3v) is 3.11. The van der Waals surface area contributed by atoms with Gasteiger partial charge in [0.1, 0.15) is 0 Å². The predicted octanol–water partition coefficient (Wildman–Crippen LogP) is 2.27. The lowest BCUT2D eigenvalue weighted by Gasteiger charge is -2.26. The molecule has 1 aliphatic rings. The van der Waals surface area contributed by atoms with Gasteiger partial charge in [-0.2, -0.15) is 0 Å². The molecule has 0 aromatic heterocycles. The van der Waals surface area contributed by atoms with Gasteiger partial charge < -0.3 is 10.0 Å². The van der Waals surface area contributed by atoms with Gasteiger partial charge in [-0.1, -0.05) is 13.8 Å². The van der Waals surface area contributed by atoms with Crippen molar-refractivity contribution in [3.8, 4) is 0 Å². The Labute approximate surface area is 88.3 Å². The van der Waals surface area contributed by atoms with E-state index >= 15 is 0 Å². The summed E-state index contributed by atoms with van der Waals surface area (Å²) in [5.74, 6) is 0.794. The molecule has 2 heteroatoms. The first kappa shape index (κ1) is 12.0. The van der Waals surface area contributed by atoms with Crippen molar-refractivity contribution >= 4 is 0 Å². The van der Waals surface area contributed by atoms with Crippen LogP contribution in [0.2, 0.25) is 0 Å². The standard InChI is InChI=1S/C12H25NO/c1-10(2)6-8-13-7-4-5-12(13)9-11(3)14/h10-12,14H,4-9H2,1-3H3. The number of nitrogens with zero attached hydrogens (tertiary/aromatic N) is 1. The number of hydrogen-bond acceptors (Lipinski definition) is 2. The monoisotopic (exact) mass is 199 g/mol. The van der Waals surface area contributed by atoms with Gasteiger partial charge in [-0.3, -0.25) is 0 Å². The zero-order chi connectivity index (χ0) is 10.6. The fourth-order valence-electron chi connectivity index (χ4n) is 2.27. The van der Waals surface area contributed by atoms with Gasteiger partial charge in [0.2, 0.25) is 0 Å². The van der Waals surface area contributed by atoms with Crippen LogP contribution in [0.4, 0.5) is 0 Å². The van der Waals surface area contributed by atoms with Crippen LogP contribution in [-0.2, 0) is 0 Å². The minimum Gasteiger partial charge on any atom is -0.393 e. The Balaban J connectivity index is 2.28. The quantitative estimate of drug-likeness (QED) is 0.734. The first-order chi connectivity index (χ1) is 6.59. The highest BCUT2D eigenvalue weighted by Gasteiger charge is 2.24. The van der Waals surface area contributed by atoms with E-state index in [9.17, 15) is 5.11 Å². The maximum Gasteiger partial charge on any atom is 0.0527 e. The SMILES string of the molecule is CC(C)CCN1CCCC1CC(C)O. The van der Waals surface area contributed by atoms with Gasteiger partial charge in [-0.25, -0.2) is 0 Å². The van der Waals surface area contributed by atoms with Gasteiger partial charge in [-0.05, 0) is 51.6 Å². The molecule has 1 saturated heterocycles. The molecule has 0 aromatic rings. The summed E-state index contributed by atoms with van der Waals surface area (Å²) in [5.41, 5.74) is 0. The van der Waals surface area contributed by atoms with Crippen molar-refractivity contribution in [2.45, 2.75) is 58.6 Å². The average molecular weight is 199 g/mol. The van der Waals surface area contributed by atoms with Crippen molar-refractivity contribution in [2.24, 2.45) is 5.92 Å². The molecule has 0 aliphatic carbocycles. The summed E-state index contributed by atoms with van der Waals surface area (Å²) in [6, 6.07) is 0.647. The summed E-state index contributed by atoms with van der Waals surface area (Å²) in [5, 5.41) is 9.38. The number of rotatable bonds is 5. The Morgan fingerprint density at radius 1 is 1.36 bits per heavy atom. The van der Waals surface area contributed by atoms with Gasteiger partial charge in [-0.15, -0.1) is 0 Å². The van der Waals surface area contributed by atoms with Crippen LogP contribution in [0.1, 0.15) is 46.5 Å². The Morgan fingerprint density at radius 2 is 2.07 bits per heavy atom. The average Bonchev–Trinajstić information content (AvgIpc) is 2.47. The van der Waals surface area contributed by atoms with E-state index in [0.717, 1.165) is 12.3 Å². The van der Waals surface area contributed by atoms with Gasteiger partial charge in [0.25, 0.3) is 0 Å². The molecule has 0 radical (unpaired) electrons. The molecule has 0 aromatic carbocycles. The first-order valence-corrected chi connectivity index (χ1v) is 6.01. The molecule has 84 valence electrons. The molecule has 0 saturated carbocycles. The van der Waals surface area contributed by atoms with E-state index in [1.54, 1.807) is 0 Å². The van der Waals surface area contributed by atoms with Crippen molar-refractivity contribution in [1.29, 1.82) is 0 Å². The third kappa shape index (κ3) is 3.97. The van der Waals surface area contributed by atoms with E-state index in [1.807, 2.05) is 6.92 Å². The van der Waals surface area contributed by atoms with Crippen molar-refractivity contribution in [3.63, 3.8) is 0 Å². The number of likely N-dealkylation sites (tertiary alicyclic amines) is 1. The van der Waals surface area contributed by atoms with Crippen molar-refractivity contribution < 1.29 is 5.11 Å². The molecular formula is C12H25NO. The maximum atomic E-state index is 9.38. The molecule has 1 rings (SSSR count). The Morgan fingerprint density at radius 3 is 2.64 bits per heavy atom. The van der Waals surface area contributed by atoms with Crippen LogP contribution < -0.4 is 0 Å². The normalized spacial score (nSPS) is 25.9. The van der Waals surface area contributed by atoms with Crippen LogP contribution in [0.15, 0.2) is 0 Å². The molecule has 1 heterocycles. The Hall–Kier alpha value is -0.0800. The third-order valence-electron chi connectivity index (χ3n) is 3.11. The first-order valence-electron chi connectivity index (χ1n) is 6.01. The van der Waals surface area contributed by atoms with E-state index in [-0.39, 0.29) is 6.10 Å². The zero-order valence-corrected chi connectivity index (χ0v) is 9.87. The molecule has 1 fully saturated rings. The van der Waals surface area contributed by atoms with Crippen molar-refractivity contribution in [2.75, 3.05) is 13.1 Å². The fraction of sp³-hybridized carbons (Fsp3) is 1.00. The lowest BCUT2D eigenvalue weighted by atomic mass is 10.1. The minimum atomic E-state index is -0.139. The fourth-order valence-corrected chi connectivity index (χ4v) is 2.27. The molecule has 0 amide bonds. The largest absolute Gasteiger partial charge is 0.393 e. The number of aliphatic hydroxyl groups is 1. The van der Waals surface area contributed by atoms with Gasteiger partial charge in [0, 0.05) is 6.04 Å². The molecule has 0 spiro atoms. The van der Waals surface area contributed by atoms with Crippen LogP contribution >= 0.6 is 0 Å². The molecule has 14 heavy (non-hydrogen) atoms. The summed E-state index contributed by atoms with van der Waals surface area (Å²) in [6.07, 6.45) is 4.70. The summed E-state index contributed by atoms with van der Waals surface area (Å²) in [4.78, 5) is 2.56. The number of hydrogen-bond donors (Lipinski definition) is 1. The lowest BCUT2D eigenvalue weighted by Crippen LogP contribution is -2.33. The van der Waals surface area contributed by atoms with Crippen LogP contribution in [0.5, 0.6) is 0 Å². The van der Waals surface area contributed by atoms with E-state index < -0.39 is 0 Å². The molecule has 1 aliphatic heterocycles. The second kappa shape index (κ2) is 5.72. The van der Waals surface area contributed by atoms with Crippen LogP contribution in [0.3, 0.4) is 0 Å². The minimum absolute atomic E-state index is 0.139. The van der Waals surface area contributed by atoms with E-state index in [2.05, 4.69) is 18.7 Å². The number of aliphatic hydroxyl groups excluding tert-OH is 1. The molecule has 1 N–H and O–H groups in total. The Kier molecular flexibility index (Phi) is 4.90. The molecule has 2 unspecified atom stereocenters. The highest BCUT2D eigenvalue weighted by molar-refractivity contribution is 4.80. The maximum absolute atomic E-state index is 9.38. The van der Waals surface area contributed by atoms with E-state index in [4.69, 9.17) is 0 Å². The second-order valence-electron chi connectivity index (χ2n) is 5.10. The zero-order valence-electron chi connectivity index (χ0n) is 9.87. The molecular weight excluding hydrogens is 174 g/mol. The second-order valence-corrected chi connectivity index (χ2v) is 5.10. The van der Waals surface area contributed by atoms with E-state index in [0.29, 0.717) is 6.04 Å². The summed E-state index contributed by atoms with van der Waals surface area (Å²) in [6.45, 7) is 8.91. The molecule has 2 nitrogen and oxygen atoms in total. The van der Waals surface area contributed by atoms with Crippen molar-refractivity contribution in [1.82, 2.24) is 4.90 Å². The topological polar surface area (TPSA) is 23.5 Å². The highest BCUT2D eigenvalue weighted by atomic mass is 16.3. The lowest BCUT2D eigenvalue weighted by molar-refractivity contribution is 0.131. The van der Waals surface area contributed by atoms with Crippen LogP contribution in [0.25, 0.3) is 0 Å². The highest BCUT2D eigenvalue weighted by Crippen LogP contribution is 2.22. The smallest absolute Gasteiger partial charge is 0.0527 e. The van der Waals surface area contributed by atoms with Crippen LogP contribution in [0, 0.1) is 5.92 Å².